The zero-order valence-corrected chi connectivity index (χ0v) is 27.5. The first kappa shape index (κ1) is 37.3. The molecule has 2 N–H and O–H groups in total. The van der Waals surface area contributed by atoms with Gasteiger partial charge in [-0.2, -0.15) is 5.26 Å². The highest BCUT2D eigenvalue weighted by Crippen LogP contribution is 2.41. The van der Waals surface area contributed by atoms with Crippen molar-refractivity contribution in [3.8, 4) is 17.6 Å². The van der Waals surface area contributed by atoms with Gasteiger partial charge < -0.3 is 42.6 Å². The van der Waals surface area contributed by atoms with E-state index in [1.54, 1.807) is 14.2 Å². The number of benzene rings is 3. The fourth-order valence-electron chi connectivity index (χ4n) is 4.53. The van der Waals surface area contributed by atoms with E-state index in [0.29, 0.717) is 72.4 Å². The largest absolute Gasteiger partial charge is 0.497 e. The van der Waals surface area contributed by atoms with Crippen molar-refractivity contribution in [3.05, 3.63) is 95.6 Å². The summed E-state index contributed by atoms with van der Waals surface area (Å²) >= 11 is 0. The molecule has 11 nitrogen and oxygen atoms in total. The van der Waals surface area contributed by atoms with Gasteiger partial charge in [0, 0.05) is 13.0 Å². The molecule has 3 aromatic carbocycles. The number of methoxy groups -OCH3 is 2. The standard InChI is InChI=1S/C34H45N2O9P/c1-38-32-13-9-30(10-14-32)34(29-7-4-3-5-8-29,31-11-15-33(39-2)16-12-31)44-27-25-42-23-21-40-19-20-41-22-24-43-26-28-45-46(37)36-18-6-17-35/h3-5,7-16,36-37H,6,18-28H2,1-2H3. The maximum absolute atomic E-state index is 9.58. The summed E-state index contributed by atoms with van der Waals surface area (Å²) in [5.74, 6) is 1.54. The maximum Gasteiger partial charge on any atom is 0.253 e. The van der Waals surface area contributed by atoms with Crippen molar-refractivity contribution in [2.45, 2.75) is 12.0 Å². The van der Waals surface area contributed by atoms with Crippen LogP contribution in [0.1, 0.15) is 23.1 Å². The molecule has 0 heterocycles. The van der Waals surface area contributed by atoms with Crippen LogP contribution in [0.4, 0.5) is 0 Å². The van der Waals surface area contributed by atoms with Gasteiger partial charge in [0.05, 0.1) is 86.4 Å². The molecule has 0 saturated carbocycles. The molecule has 0 amide bonds. The third-order valence-corrected chi connectivity index (χ3v) is 7.68. The molecule has 3 aromatic rings. The highest BCUT2D eigenvalue weighted by atomic mass is 31.2. The van der Waals surface area contributed by atoms with Crippen molar-refractivity contribution < 1.29 is 42.6 Å². The molecular weight excluding hydrogens is 611 g/mol. The van der Waals surface area contributed by atoms with E-state index < -0.39 is 14.1 Å². The maximum atomic E-state index is 9.58. The van der Waals surface area contributed by atoms with E-state index in [0.717, 1.165) is 28.2 Å². The Hall–Kier alpha value is -3.14. The Bertz CT molecular complexity index is 1200. The van der Waals surface area contributed by atoms with Gasteiger partial charge in [-0.05, 0) is 41.0 Å². The second kappa shape index (κ2) is 22.4. The molecule has 0 aliphatic carbocycles. The van der Waals surface area contributed by atoms with Crippen LogP contribution in [0.15, 0.2) is 78.9 Å². The molecule has 250 valence electrons. The number of nitrogens with zero attached hydrogens (tertiary/aromatic N) is 1. The van der Waals surface area contributed by atoms with Crippen LogP contribution >= 0.6 is 8.53 Å². The van der Waals surface area contributed by atoms with E-state index in [4.69, 9.17) is 42.9 Å². The molecule has 3 rings (SSSR count). The van der Waals surface area contributed by atoms with Gasteiger partial charge in [0.2, 0.25) is 0 Å². The molecular formula is C34H45N2O9P. The molecule has 0 bridgehead atoms. The number of nitrogens with one attached hydrogen (secondary N) is 1. The average molecular weight is 657 g/mol. The first-order valence-corrected chi connectivity index (χ1v) is 16.4. The minimum Gasteiger partial charge on any atom is -0.497 e. The zero-order chi connectivity index (χ0) is 32.7. The zero-order valence-electron chi connectivity index (χ0n) is 26.6. The third-order valence-electron chi connectivity index (χ3n) is 6.76. The summed E-state index contributed by atoms with van der Waals surface area (Å²) in [5.41, 5.74) is 2.04. The topological polar surface area (TPSA) is 130 Å². The average Bonchev–Trinajstić information content (AvgIpc) is 3.10. The third kappa shape index (κ3) is 12.6. The van der Waals surface area contributed by atoms with Crippen molar-refractivity contribution >= 4 is 8.53 Å². The molecule has 0 aliphatic rings. The van der Waals surface area contributed by atoms with Gasteiger partial charge >= 0.3 is 0 Å². The van der Waals surface area contributed by atoms with Crippen LogP contribution in [0.2, 0.25) is 0 Å². The summed E-state index contributed by atoms with van der Waals surface area (Å²) in [6.45, 7) is 4.30. The summed E-state index contributed by atoms with van der Waals surface area (Å²) in [6, 6.07) is 28.0. The Balaban J connectivity index is 1.38. The molecule has 46 heavy (non-hydrogen) atoms. The van der Waals surface area contributed by atoms with Crippen LogP contribution in [-0.2, 0) is 33.8 Å². The summed E-state index contributed by atoms with van der Waals surface area (Å²) in [7, 11) is 1.58. The summed E-state index contributed by atoms with van der Waals surface area (Å²) < 4.78 is 45.1. The fraction of sp³-hybridized carbons (Fsp3) is 0.441. The minimum atomic E-state index is -1.73. The predicted octanol–water partition coefficient (Wildman–Crippen LogP) is 4.82. The molecule has 1 unspecified atom stereocenters. The molecule has 0 fully saturated rings. The van der Waals surface area contributed by atoms with Crippen molar-refractivity contribution in [1.82, 2.24) is 5.09 Å². The summed E-state index contributed by atoms with van der Waals surface area (Å²) in [5, 5.41) is 11.2. The quantitative estimate of drug-likeness (QED) is 0.0740. The molecule has 0 spiro atoms. The van der Waals surface area contributed by atoms with Gasteiger partial charge in [0.15, 0.2) is 0 Å². The Morgan fingerprint density at radius 3 is 1.52 bits per heavy atom. The van der Waals surface area contributed by atoms with E-state index in [1.165, 1.54) is 0 Å². The van der Waals surface area contributed by atoms with Crippen molar-refractivity contribution in [1.29, 1.82) is 5.26 Å². The Morgan fingerprint density at radius 1 is 0.630 bits per heavy atom. The molecule has 1 atom stereocenters. The van der Waals surface area contributed by atoms with E-state index in [1.807, 2.05) is 72.8 Å². The van der Waals surface area contributed by atoms with Crippen LogP contribution in [0.3, 0.4) is 0 Å². The number of hydrogen-bond donors (Lipinski definition) is 2. The first-order chi connectivity index (χ1) is 22.6. The Kier molecular flexibility index (Phi) is 18.2. The van der Waals surface area contributed by atoms with E-state index >= 15 is 0 Å². The molecule has 0 saturated heterocycles. The molecule has 0 radical (unpaired) electrons. The van der Waals surface area contributed by atoms with Gasteiger partial charge in [0.1, 0.15) is 17.1 Å². The smallest absolute Gasteiger partial charge is 0.253 e. The highest BCUT2D eigenvalue weighted by molar-refractivity contribution is 7.43. The number of hydrogen-bond acceptors (Lipinski definition) is 11. The highest BCUT2D eigenvalue weighted by Gasteiger charge is 2.37. The Labute approximate surface area is 273 Å². The van der Waals surface area contributed by atoms with E-state index in [9.17, 15) is 4.89 Å². The second-order valence-corrected chi connectivity index (χ2v) is 10.8. The summed E-state index contributed by atoms with van der Waals surface area (Å²) in [4.78, 5) is 9.58. The van der Waals surface area contributed by atoms with Crippen molar-refractivity contribution in [2.75, 3.05) is 86.8 Å². The fourth-order valence-corrected chi connectivity index (χ4v) is 5.17. The van der Waals surface area contributed by atoms with Crippen LogP contribution in [0, 0.1) is 11.3 Å². The van der Waals surface area contributed by atoms with Crippen LogP contribution in [0.5, 0.6) is 11.5 Å². The lowest BCUT2D eigenvalue weighted by molar-refractivity contribution is -0.0386. The second-order valence-electron chi connectivity index (χ2n) is 9.72. The lowest BCUT2D eigenvalue weighted by atomic mass is 9.80. The number of rotatable bonds is 25. The van der Waals surface area contributed by atoms with Crippen LogP contribution in [0.25, 0.3) is 0 Å². The molecule has 0 aliphatic heterocycles. The Morgan fingerprint density at radius 2 is 1.07 bits per heavy atom. The van der Waals surface area contributed by atoms with Crippen LogP contribution < -0.4 is 14.6 Å². The van der Waals surface area contributed by atoms with E-state index in [2.05, 4.69) is 17.2 Å². The SMILES string of the molecule is COc1ccc(C(OCCOCCOCCOCCOCCOP(O)NCCC#N)(c2ccccc2)c2ccc(OC)cc2)cc1. The minimum absolute atomic E-state index is 0.256. The molecule has 0 aromatic heterocycles. The van der Waals surface area contributed by atoms with Gasteiger partial charge in [-0.3, -0.25) is 0 Å². The lowest BCUT2D eigenvalue weighted by Gasteiger charge is -2.36. The van der Waals surface area contributed by atoms with Crippen molar-refractivity contribution in [2.24, 2.45) is 0 Å². The van der Waals surface area contributed by atoms with Gasteiger partial charge in [0.25, 0.3) is 8.53 Å². The lowest BCUT2D eigenvalue weighted by Crippen LogP contribution is -2.34. The van der Waals surface area contributed by atoms with Gasteiger partial charge in [-0.15, -0.1) is 0 Å². The van der Waals surface area contributed by atoms with Gasteiger partial charge in [-0.25, -0.2) is 5.09 Å². The van der Waals surface area contributed by atoms with Crippen molar-refractivity contribution in [3.63, 3.8) is 0 Å². The number of ether oxygens (including phenoxy) is 7. The predicted molar refractivity (Wildman–Crippen MR) is 175 cm³/mol. The number of nitriles is 1. The summed E-state index contributed by atoms with van der Waals surface area (Å²) in [6.07, 6.45) is 0.316. The van der Waals surface area contributed by atoms with Gasteiger partial charge in [-0.1, -0.05) is 54.6 Å². The molecule has 12 heteroatoms. The van der Waals surface area contributed by atoms with E-state index in [-0.39, 0.29) is 6.61 Å². The first-order valence-electron chi connectivity index (χ1n) is 15.2. The normalized spacial score (nSPS) is 12.0. The van der Waals surface area contributed by atoms with Crippen LogP contribution in [-0.4, -0.2) is 91.7 Å². The monoisotopic (exact) mass is 656 g/mol.